The number of rotatable bonds is 4. The summed E-state index contributed by atoms with van der Waals surface area (Å²) in [6.07, 6.45) is 3.24. The van der Waals surface area contributed by atoms with Crippen LogP contribution in [0.5, 0.6) is 0 Å². The van der Waals surface area contributed by atoms with Crippen molar-refractivity contribution in [2.24, 2.45) is 11.8 Å². The molecule has 2 aliphatic rings. The zero-order valence-corrected chi connectivity index (χ0v) is 11.9. The fourth-order valence-electron chi connectivity index (χ4n) is 3.08. The van der Waals surface area contributed by atoms with E-state index in [0.717, 1.165) is 24.8 Å². The lowest BCUT2D eigenvalue weighted by molar-refractivity contribution is 0.556. The number of nitrogens with zero attached hydrogens (tertiary/aromatic N) is 2. The molecule has 0 spiro atoms. The second kappa shape index (κ2) is 5.37. The second-order valence-electron chi connectivity index (χ2n) is 6.19. The molecule has 3 rings (SSSR count). The smallest absolute Gasteiger partial charge is 0.127 e. The van der Waals surface area contributed by atoms with Crippen LogP contribution < -0.4 is 15.5 Å². The summed E-state index contributed by atoms with van der Waals surface area (Å²) < 4.78 is 0. The molecule has 2 saturated heterocycles. The maximum Gasteiger partial charge on any atom is 0.127 e. The Morgan fingerprint density at radius 3 is 3.16 bits per heavy atom. The number of hydrogen-bond acceptors (Lipinski definition) is 4. The third-order valence-corrected chi connectivity index (χ3v) is 4.16. The largest absolute Gasteiger partial charge is 0.370 e. The molecule has 2 fully saturated rings. The Balaban J connectivity index is 1.66. The van der Waals surface area contributed by atoms with Crippen molar-refractivity contribution in [3.63, 3.8) is 0 Å². The van der Waals surface area contributed by atoms with Gasteiger partial charge in [0.2, 0.25) is 0 Å². The van der Waals surface area contributed by atoms with E-state index in [1.807, 2.05) is 6.20 Å². The van der Waals surface area contributed by atoms with Gasteiger partial charge in [-0.25, -0.2) is 4.98 Å². The summed E-state index contributed by atoms with van der Waals surface area (Å²) in [7, 11) is 0. The zero-order chi connectivity index (χ0) is 13.2. The Morgan fingerprint density at radius 1 is 1.47 bits per heavy atom. The fourth-order valence-corrected chi connectivity index (χ4v) is 3.08. The van der Waals surface area contributed by atoms with Crippen molar-refractivity contribution in [3.05, 3.63) is 18.3 Å². The molecule has 2 aliphatic heterocycles. The third kappa shape index (κ3) is 2.84. The van der Waals surface area contributed by atoms with Crippen LogP contribution in [-0.4, -0.2) is 37.2 Å². The fraction of sp³-hybridized carbons (Fsp3) is 0.667. The number of anilines is 2. The van der Waals surface area contributed by atoms with Gasteiger partial charge in [-0.2, -0.15) is 0 Å². The van der Waals surface area contributed by atoms with Gasteiger partial charge in [0.1, 0.15) is 5.82 Å². The molecule has 0 amide bonds. The second-order valence-corrected chi connectivity index (χ2v) is 6.19. The summed E-state index contributed by atoms with van der Waals surface area (Å²) in [5.74, 6) is 2.47. The van der Waals surface area contributed by atoms with Crippen LogP contribution in [0, 0.1) is 11.8 Å². The number of aromatic nitrogens is 1. The van der Waals surface area contributed by atoms with Gasteiger partial charge in [0.15, 0.2) is 0 Å². The molecule has 4 nitrogen and oxygen atoms in total. The van der Waals surface area contributed by atoms with Crippen molar-refractivity contribution >= 4 is 11.5 Å². The van der Waals surface area contributed by atoms with Crippen LogP contribution in [0.15, 0.2) is 18.3 Å². The molecule has 0 bridgehead atoms. The number of nitrogens with one attached hydrogen (secondary N) is 2. The minimum Gasteiger partial charge on any atom is -0.370 e. The normalized spacial score (nSPS) is 25.9. The van der Waals surface area contributed by atoms with Crippen molar-refractivity contribution in [1.82, 2.24) is 10.3 Å². The van der Waals surface area contributed by atoms with Gasteiger partial charge in [-0.15, -0.1) is 0 Å². The molecular weight excluding hydrogens is 236 g/mol. The van der Waals surface area contributed by atoms with Crippen molar-refractivity contribution in [3.8, 4) is 0 Å². The Hall–Kier alpha value is -1.29. The molecule has 4 heteroatoms. The third-order valence-electron chi connectivity index (χ3n) is 4.16. The predicted octanol–water partition coefficient (Wildman–Crippen LogP) is 1.95. The lowest BCUT2D eigenvalue weighted by Gasteiger charge is -2.20. The Kier molecular flexibility index (Phi) is 3.60. The molecule has 0 aromatic carbocycles. The first kappa shape index (κ1) is 12.7. The van der Waals surface area contributed by atoms with Gasteiger partial charge in [-0.1, -0.05) is 13.8 Å². The summed E-state index contributed by atoms with van der Waals surface area (Å²) in [6.45, 7) is 8.92. The highest BCUT2D eigenvalue weighted by molar-refractivity contribution is 5.55. The molecule has 0 saturated carbocycles. The van der Waals surface area contributed by atoms with Crippen LogP contribution >= 0.6 is 0 Å². The van der Waals surface area contributed by atoms with Gasteiger partial charge >= 0.3 is 0 Å². The summed E-state index contributed by atoms with van der Waals surface area (Å²) in [5.41, 5.74) is 1.30. The topological polar surface area (TPSA) is 40.2 Å². The Bertz CT molecular complexity index is 420. The van der Waals surface area contributed by atoms with E-state index in [1.54, 1.807) is 0 Å². The predicted molar refractivity (Wildman–Crippen MR) is 79.7 cm³/mol. The summed E-state index contributed by atoms with van der Waals surface area (Å²) >= 11 is 0. The lowest BCUT2D eigenvalue weighted by atomic mass is 10.1. The Labute approximate surface area is 115 Å². The van der Waals surface area contributed by atoms with E-state index < -0.39 is 0 Å². The van der Waals surface area contributed by atoms with Crippen molar-refractivity contribution in [2.45, 2.75) is 26.3 Å². The number of fused-ring (bicyclic) bond motifs is 1. The van der Waals surface area contributed by atoms with E-state index in [2.05, 4.69) is 46.5 Å². The van der Waals surface area contributed by atoms with Gasteiger partial charge in [-0.3, -0.25) is 0 Å². The maximum atomic E-state index is 4.40. The standard InChI is InChI=1S/C15H24N4/c1-11(2)8-18-15-7-13(4-6-17-15)19-9-12-3-5-16-14(12)10-19/h4,6-7,11-12,14,16H,3,5,8-10H2,1-2H3,(H,17,18)/t12-,14+/m1/s1. The van der Waals surface area contributed by atoms with Crippen LogP contribution in [0.25, 0.3) is 0 Å². The molecule has 2 N–H and O–H groups in total. The molecule has 3 heterocycles. The van der Waals surface area contributed by atoms with Crippen molar-refractivity contribution in [1.29, 1.82) is 0 Å². The summed E-state index contributed by atoms with van der Waals surface area (Å²) in [4.78, 5) is 6.89. The summed E-state index contributed by atoms with van der Waals surface area (Å²) in [5, 5.41) is 7.00. The number of pyridine rings is 1. The molecule has 1 aromatic heterocycles. The molecule has 104 valence electrons. The van der Waals surface area contributed by atoms with E-state index in [4.69, 9.17) is 0 Å². The van der Waals surface area contributed by atoms with E-state index >= 15 is 0 Å². The van der Waals surface area contributed by atoms with Gasteiger partial charge in [-0.05, 0) is 30.9 Å². The van der Waals surface area contributed by atoms with Crippen molar-refractivity contribution in [2.75, 3.05) is 36.4 Å². The van der Waals surface area contributed by atoms with Crippen LogP contribution in [0.1, 0.15) is 20.3 Å². The summed E-state index contributed by atoms with van der Waals surface area (Å²) in [6, 6.07) is 5.01. The molecule has 0 aliphatic carbocycles. The van der Waals surface area contributed by atoms with Crippen LogP contribution in [0.3, 0.4) is 0 Å². The monoisotopic (exact) mass is 260 g/mol. The molecule has 0 radical (unpaired) electrons. The number of hydrogen-bond donors (Lipinski definition) is 2. The highest BCUT2D eigenvalue weighted by atomic mass is 15.2. The average Bonchev–Trinajstić information content (AvgIpc) is 2.97. The maximum absolute atomic E-state index is 4.40. The van der Waals surface area contributed by atoms with Crippen LogP contribution in [0.2, 0.25) is 0 Å². The van der Waals surface area contributed by atoms with Crippen LogP contribution in [0.4, 0.5) is 11.5 Å². The molecule has 19 heavy (non-hydrogen) atoms. The Morgan fingerprint density at radius 2 is 2.37 bits per heavy atom. The average molecular weight is 260 g/mol. The zero-order valence-electron chi connectivity index (χ0n) is 11.9. The molecule has 2 atom stereocenters. The lowest BCUT2D eigenvalue weighted by Crippen LogP contribution is -2.30. The highest BCUT2D eigenvalue weighted by Gasteiger charge is 2.35. The van der Waals surface area contributed by atoms with E-state index in [9.17, 15) is 0 Å². The van der Waals surface area contributed by atoms with E-state index in [-0.39, 0.29) is 0 Å². The quantitative estimate of drug-likeness (QED) is 0.868. The van der Waals surface area contributed by atoms with E-state index in [1.165, 1.54) is 25.2 Å². The van der Waals surface area contributed by atoms with Gasteiger partial charge < -0.3 is 15.5 Å². The first-order valence-corrected chi connectivity index (χ1v) is 7.40. The molecular formula is C15H24N4. The SMILES string of the molecule is CC(C)CNc1cc(N2C[C@H]3CCN[C@H]3C2)ccn1. The van der Waals surface area contributed by atoms with Gasteiger partial charge in [0, 0.05) is 43.6 Å². The van der Waals surface area contributed by atoms with Gasteiger partial charge in [0.25, 0.3) is 0 Å². The van der Waals surface area contributed by atoms with E-state index in [0.29, 0.717) is 12.0 Å². The van der Waals surface area contributed by atoms with Gasteiger partial charge in [0.05, 0.1) is 0 Å². The first-order chi connectivity index (χ1) is 9.22. The molecule has 1 aromatic rings. The van der Waals surface area contributed by atoms with Crippen LogP contribution in [-0.2, 0) is 0 Å². The highest BCUT2D eigenvalue weighted by Crippen LogP contribution is 2.29. The molecule has 0 unspecified atom stereocenters. The minimum atomic E-state index is 0.640. The minimum absolute atomic E-state index is 0.640. The first-order valence-electron chi connectivity index (χ1n) is 7.40. The van der Waals surface area contributed by atoms with Crippen molar-refractivity contribution < 1.29 is 0 Å².